The maximum atomic E-state index is 12.4. The van der Waals surface area contributed by atoms with Crippen molar-refractivity contribution in [3.8, 4) is 5.75 Å². The van der Waals surface area contributed by atoms with Crippen molar-refractivity contribution in [1.29, 1.82) is 0 Å². The van der Waals surface area contributed by atoms with Crippen LogP contribution in [0.4, 0.5) is 4.79 Å². The Kier molecular flexibility index (Phi) is 9.10. The molecule has 2 amide bonds. The number of rotatable bonds is 10. The van der Waals surface area contributed by atoms with Crippen LogP contribution in [-0.2, 0) is 9.47 Å². The summed E-state index contributed by atoms with van der Waals surface area (Å²) in [6.45, 7) is -0.321. The zero-order chi connectivity index (χ0) is 21.1. The third-order valence-corrected chi connectivity index (χ3v) is 4.11. The minimum atomic E-state index is -0.958. The van der Waals surface area contributed by atoms with Crippen molar-refractivity contribution in [1.82, 2.24) is 5.32 Å². The number of carbonyl (C=O) groups excluding carboxylic acids is 2. The normalized spacial score (nSPS) is 12.7. The number of hydrogen-bond donors (Lipinski definition) is 3. The zero-order valence-corrected chi connectivity index (χ0v) is 16.1. The number of hydrogen-bond acceptors (Lipinski definition) is 7. The molecule has 0 saturated carbocycles. The van der Waals surface area contributed by atoms with Gasteiger partial charge in [-0.25, -0.2) is 4.79 Å². The van der Waals surface area contributed by atoms with Crippen LogP contribution in [0.15, 0.2) is 54.6 Å². The Balaban J connectivity index is 2.22. The summed E-state index contributed by atoms with van der Waals surface area (Å²) >= 11 is 0. The van der Waals surface area contributed by atoms with Crippen LogP contribution in [0.1, 0.15) is 28.4 Å². The van der Waals surface area contributed by atoms with E-state index in [0.717, 1.165) is 0 Å². The van der Waals surface area contributed by atoms with Gasteiger partial charge in [-0.1, -0.05) is 36.4 Å². The lowest BCUT2D eigenvalue weighted by Gasteiger charge is -2.27. The molecule has 0 radical (unpaired) electrons. The Morgan fingerprint density at radius 3 is 2.34 bits per heavy atom. The Morgan fingerprint density at radius 1 is 1.00 bits per heavy atom. The van der Waals surface area contributed by atoms with E-state index >= 15 is 0 Å². The van der Waals surface area contributed by atoms with Gasteiger partial charge in [-0.05, 0) is 18.2 Å². The molecule has 2 rings (SSSR count). The number of carbonyl (C=O) groups is 2. The first-order valence-electron chi connectivity index (χ1n) is 9.14. The van der Waals surface area contributed by atoms with Gasteiger partial charge in [-0.2, -0.15) is 0 Å². The first kappa shape index (κ1) is 22.4. The van der Waals surface area contributed by atoms with Crippen LogP contribution in [0.2, 0.25) is 0 Å². The van der Waals surface area contributed by atoms with Gasteiger partial charge in [0, 0.05) is 31.3 Å². The zero-order valence-electron chi connectivity index (χ0n) is 16.1. The third kappa shape index (κ3) is 6.56. The number of benzene rings is 2. The van der Waals surface area contributed by atoms with Crippen molar-refractivity contribution < 1.29 is 34.0 Å². The standard InChI is InChI=1S/C21H25NO7/c1-27-18(11-12-23)19(16-9-5-6-10-17(16)28-14-13-24)29-21(26)22-20(25)15-7-3-2-4-8-15/h2-10,18-19,23-24H,11-14H2,1H3,(H,22,25,26)/t18-,19-/m1/s1. The number of imide groups is 1. The third-order valence-electron chi connectivity index (χ3n) is 4.11. The minimum absolute atomic E-state index is 0.0556. The largest absolute Gasteiger partial charge is 0.491 e. The number of nitrogens with one attached hydrogen (secondary N) is 1. The maximum absolute atomic E-state index is 12.4. The molecular formula is C21H25NO7. The molecule has 2 aromatic carbocycles. The van der Waals surface area contributed by atoms with Crippen molar-refractivity contribution in [2.24, 2.45) is 0 Å². The van der Waals surface area contributed by atoms with Crippen molar-refractivity contribution in [2.45, 2.75) is 18.6 Å². The highest BCUT2D eigenvalue weighted by Crippen LogP contribution is 2.32. The maximum Gasteiger partial charge on any atom is 0.414 e. The molecular weight excluding hydrogens is 378 g/mol. The molecule has 0 saturated heterocycles. The number of aliphatic hydroxyl groups excluding tert-OH is 2. The van der Waals surface area contributed by atoms with E-state index in [-0.39, 0.29) is 26.2 Å². The molecule has 29 heavy (non-hydrogen) atoms. The molecule has 0 spiro atoms. The summed E-state index contributed by atoms with van der Waals surface area (Å²) in [7, 11) is 1.43. The van der Waals surface area contributed by atoms with Crippen LogP contribution in [-0.4, -0.2) is 55.2 Å². The van der Waals surface area contributed by atoms with Gasteiger partial charge in [-0.15, -0.1) is 0 Å². The van der Waals surface area contributed by atoms with Crippen LogP contribution >= 0.6 is 0 Å². The molecule has 0 fully saturated rings. The summed E-state index contributed by atoms with van der Waals surface area (Å²) in [5, 5.41) is 20.6. The molecule has 0 aliphatic heterocycles. The first-order valence-corrected chi connectivity index (χ1v) is 9.14. The quantitative estimate of drug-likeness (QED) is 0.556. The SMILES string of the molecule is CO[C@H](CCO)[C@H](OC(=O)NC(=O)c1ccccc1)c1ccccc1OCCO. The summed E-state index contributed by atoms with van der Waals surface area (Å²) < 4.78 is 16.4. The van der Waals surface area contributed by atoms with E-state index in [9.17, 15) is 14.7 Å². The molecule has 2 atom stereocenters. The predicted molar refractivity (Wildman–Crippen MR) is 105 cm³/mol. The number of para-hydroxylation sites is 1. The van der Waals surface area contributed by atoms with Crippen molar-refractivity contribution >= 4 is 12.0 Å². The molecule has 0 unspecified atom stereocenters. The van der Waals surface area contributed by atoms with Gasteiger partial charge in [0.25, 0.3) is 5.91 Å². The molecule has 0 aliphatic rings. The van der Waals surface area contributed by atoms with Crippen LogP contribution in [0.25, 0.3) is 0 Å². The lowest BCUT2D eigenvalue weighted by Crippen LogP contribution is -2.35. The number of aliphatic hydroxyl groups is 2. The Bertz CT molecular complexity index is 782. The van der Waals surface area contributed by atoms with E-state index in [0.29, 0.717) is 16.9 Å². The highest BCUT2D eigenvalue weighted by molar-refractivity contribution is 6.02. The van der Waals surface area contributed by atoms with Crippen LogP contribution in [0.5, 0.6) is 5.75 Å². The van der Waals surface area contributed by atoms with Crippen LogP contribution < -0.4 is 10.1 Å². The van der Waals surface area contributed by atoms with Gasteiger partial charge in [0.05, 0.1) is 6.61 Å². The minimum Gasteiger partial charge on any atom is -0.491 e. The average molecular weight is 403 g/mol. The van der Waals surface area contributed by atoms with E-state index in [1.807, 2.05) is 0 Å². The van der Waals surface area contributed by atoms with Crippen molar-refractivity contribution in [3.05, 3.63) is 65.7 Å². The Labute approximate surface area is 169 Å². The lowest BCUT2D eigenvalue weighted by atomic mass is 10.0. The highest BCUT2D eigenvalue weighted by Gasteiger charge is 2.30. The summed E-state index contributed by atoms with van der Waals surface area (Å²) in [6.07, 6.45) is -2.40. The molecule has 8 nitrogen and oxygen atoms in total. The monoisotopic (exact) mass is 403 g/mol. The van der Waals surface area contributed by atoms with Gasteiger partial charge >= 0.3 is 6.09 Å². The molecule has 0 aliphatic carbocycles. The van der Waals surface area contributed by atoms with E-state index < -0.39 is 24.2 Å². The topological polar surface area (TPSA) is 114 Å². The highest BCUT2D eigenvalue weighted by atomic mass is 16.6. The number of amides is 2. The fourth-order valence-electron chi connectivity index (χ4n) is 2.76. The molecule has 0 bridgehead atoms. The van der Waals surface area contributed by atoms with Gasteiger partial charge in [-0.3, -0.25) is 10.1 Å². The number of alkyl carbamates (subject to hydrolysis) is 1. The fourth-order valence-corrected chi connectivity index (χ4v) is 2.76. The molecule has 2 aromatic rings. The fraction of sp³-hybridized carbons (Fsp3) is 0.333. The molecule has 0 aromatic heterocycles. The number of methoxy groups -OCH3 is 1. The smallest absolute Gasteiger partial charge is 0.414 e. The Hall–Kier alpha value is -2.94. The molecule has 3 N–H and O–H groups in total. The van der Waals surface area contributed by atoms with Crippen molar-refractivity contribution in [2.75, 3.05) is 26.9 Å². The first-order chi connectivity index (χ1) is 14.1. The number of ether oxygens (including phenoxy) is 3. The summed E-state index contributed by atoms with van der Waals surface area (Å²) in [5.41, 5.74) is 0.801. The summed E-state index contributed by atoms with van der Waals surface area (Å²) in [5.74, 6) is -0.205. The van der Waals surface area contributed by atoms with Crippen LogP contribution in [0, 0.1) is 0 Å². The second kappa shape index (κ2) is 11.8. The lowest BCUT2D eigenvalue weighted by molar-refractivity contribution is -0.0348. The average Bonchev–Trinajstić information content (AvgIpc) is 2.75. The summed E-state index contributed by atoms with van der Waals surface area (Å²) in [6, 6.07) is 15.1. The van der Waals surface area contributed by atoms with Gasteiger partial charge in [0.2, 0.25) is 0 Å². The summed E-state index contributed by atoms with van der Waals surface area (Å²) in [4.78, 5) is 24.6. The Morgan fingerprint density at radius 2 is 1.69 bits per heavy atom. The van der Waals surface area contributed by atoms with E-state index in [1.54, 1.807) is 54.6 Å². The van der Waals surface area contributed by atoms with E-state index in [4.69, 9.17) is 19.3 Å². The second-order valence-corrected chi connectivity index (χ2v) is 6.04. The molecule has 156 valence electrons. The van der Waals surface area contributed by atoms with Gasteiger partial charge < -0.3 is 24.4 Å². The predicted octanol–water partition coefficient (Wildman–Crippen LogP) is 2.06. The van der Waals surface area contributed by atoms with Crippen molar-refractivity contribution in [3.63, 3.8) is 0 Å². The molecule has 8 heteroatoms. The van der Waals surface area contributed by atoms with Crippen LogP contribution in [0.3, 0.4) is 0 Å². The van der Waals surface area contributed by atoms with E-state index in [2.05, 4.69) is 5.32 Å². The molecule has 0 heterocycles. The van der Waals surface area contributed by atoms with Gasteiger partial charge in [0.15, 0.2) is 6.10 Å². The second-order valence-electron chi connectivity index (χ2n) is 6.04. The van der Waals surface area contributed by atoms with E-state index in [1.165, 1.54) is 7.11 Å². The van der Waals surface area contributed by atoms with Gasteiger partial charge in [0.1, 0.15) is 18.5 Å².